The van der Waals surface area contributed by atoms with E-state index < -0.39 is 27.6 Å². The lowest BCUT2D eigenvalue weighted by Gasteiger charge is -2.18. The number of carbonyl (C=O) groups excluding carboxylic acids is 1. The molecule has 0 spiro atoms. The van der Waals surface area contributed by atoms with Crippen molar-refractivity contribution in [1.82, 2.24) is 9.62 Å². The maximum Gasteiger partial charge on any atom is 0.253 e. The molecule has 0 atom stereocenters. The molecule has 0 saturated carbocycles. The summed E-state index contributed by atoms with van der Waals surface area (Å²) in [7, 11) is -2.32. The second kappa shape index (κ2) is 9.15. The van der Waals surface area contributed by atoms with Gasteiger partial charge in [-0.1, -0.05) is 42.5 Å². The highest BCUT2D eigenvalue weighted by molar-refractivity contribution is 7.89. The van der Waals surface area contributed by atoms with Crippen LogP contribution in [0, 0.1) is 11.6 Å². The largest absolute Gasteiger partial charge is 0.337 e. The first-order chi connectivity index (χ1) is 14.3. The van der Waals surface area contributed by atoms with Gasteiger partial charge < -0.3 is 4.90 Å². The number of hydrogen-bond acceptors (Lipinski definition) is 3. The molecule has 1 amide bonds. The van der Waals surface area contributed by atoms with Crippen molar-refractivity contribution in [1.29, 1.82) is 0 Å². The highest BCUT2D eigenvalue weighted by atomic mass is 32.2. The summed E-state index contributed by atoms with van der Waals surface area (Å²) in [6.07, 6.45) is 0. The minimum absolute atomic E-state index is 0.0366. The highest BCUT2D eigenvalue weighted by Crippen LogP contribution is 2.16. The normalized spacial score (nSPS) is 11.3. The standard InChI is InChI=1S/C22H20F2N2O3S/c1-26(15-17-10-11-20(23)21(24)12-17)22(27)18-8-5-9-19(13-18)30(28,29)25-14-16-6-3-2-4-7-16/h2-13,25H,14-15H2,1H3. The van der Waals surface area contributed by atoms with E-state index in [0.717, 1.165) is 17.7 Å². The second-order valence-corrected chi connectivity index (χ2v) is 8.51. The summed E-state index contributed by atoms with van der Waals surface area (Å²) < 4.78 is 54.2. The van der Waals surface area contributed by atoms with Gasteiger partial charge in [0.25, 0.3) is 5.91 Å². The van der Waals surface area contributed by atoms with Crippen LogP contribution < -0.4 is 4.72 Å². The van der Waals surface area contributed by atoms with E-state index in [4.69, 9.17) is 0 Å². The third kappa shape index (κ3) is 5.28. The SMILES string of the molecule is CN(Cc1ccc(F)c(F)c1)C(=O)c1cccc(S(=O)(=O)NCc2ccccc2)c1. The Morgan fingerprint density at radius 3 is 2.33 bits per heavy atom. The molecule has 8 heteroatoms. The summed E-state index contributed by atoms with van der Waals surface area (Å²) in [5.74, 6) is -2.40. The highest BCUT2D eigenvalue weighted by Gasteiger charge is 2.18. The number of sulfonamides is 1. The Bertz CT molecular complexity index is 1150. The number of benzene rings is 3. The van der Waals surface area contributed by atoms with Gasteiger partial charge in [0.2, 0.25) is 10.0 Å². The van der Waals surface area contributed by atoms with Crippen molar-refractivity contribution < 1.29 is 22.0 Å². The van der Waals surface area contributed by atoms with Gasteiger partial charge in [0.1, 0.15) is 0 Å². The molecule has 0 bridgehead atoms. The maximum atomic E-state index is 13.4. The fourth-order valence-corrected chi connectivity index (χ4v) is 3.92. The van der Waals surface area contributed by atoms with Crippen LogP contribution in [0.3, 0.4) is 0 Å². The topological polar surface area (TPSA) is 66.5 Å². The quantitative estimate of drug-likeness (QED) is 0.621. The van der Waals surface area contributed by atoms with Crippen LogP contribution in [0.15, 0.2) is 77.7 Å². The summed E-state index contributed by atoms with van der Waals surface area (Å²) in [5.41, 5.74) is 1.39. The molecular formula is C22H20F2N2O3S. The van der Waals surface area contributed by atoms with Gasteiger partial charge >= 0.3 is 0 Å². The van der Waals surface area contributed by atoms with Crippen LogP contribution in [-0.2, 0) is 23.1 Å². The molecule has 3 rings (SSSR count). The number of hydrogen-bond donors (Lipinski definition) is 1. The second-order valence-electron chi connectivity index (χ2n) is 6.75. The van der Waals surface area contributed by atoms with E-state index in [0.29, 0.717) is 5.56 Å². The number of carbonyl (C=O) groups is 1. The molecule has 5 nitrogen and oxygen atoms in total. The Morgan fingerprint density at radius 1 is 0.900 bits per heavy atom. The van der Waals surface area contributed by atoms with Crippen molar-refractivity contribution >= 4 is 15.9 Å². The van der Waals surface area contributed by atoms with Gasteiger partial charge in [0.05, 0.1) is 4.90 Å². The van der Waals surface area contributed by atoms with Gasteiger partial charge in [-0.2, -0.15) is 0 Å². The summed E-state index contributed by atoms with van der Waals surface area (Å²) in [6.45, 7) is 0.163. The molecule has 3 aromatic carbocycles. The van der Waals surface area contributed by atoms with Crippen molar-refractivity contribution in [2.45, 2.75) is 18.0 Å². The third-order valence-corrected chi connectivity index (χ3v) is 5.85. The molecule has 3 aromatic rings. The van der Waals surface area contributed by atoms with Gasteiger partial charge in [-0.15, -0.1) is 0 Å². The van der Waals surface area contributed by atoms with E-state index in [1.54, 1.807) is 12.1 Å². The fourth-order valence-electron chi connectivity index (χ4n) is 2.86. The van der Waals surface area contributed by atoms with E-state index in [1.165, 1.54) is 42.3 Å². The van der Waals surface area contributed by atoms with Crippen molar-refractivity contribution in [3.8, 4) is 0 Å². The Hall–Kier alpha value is -3.10. The number of nitrogens with zero attached hydrogens (tertiary/aromatic N) is 1. The van der Waals surface area contributed by atoms with E-state index in [9.17, 15) is 22.0 Å². The van der Waals surface area contributed by atoms with Crippen LogP contribution in [0.2, 0.25) is 0 Å². The molecule has 0 aliphatic carbocycles. The van der Waals surface area contributed by atoms with Gasteiger partial charge in [-0.25, -0.2) is 21.9 Å². The van der Waals surface area contributed by atoms with E-state index in [1.807, 2.05) is 18.2 Å². The van der Waals surface area contributed by atoms with Gasteiger partial charge in [0.15, 0.2) is 11.6 Å². The van der Waals surface area contributed by atoms with E-state index in [2.05, 4.69) is 4.72 Å². The van der Waals surface area contributed by atoms with E-state index >= 15 is 0 Å². The molecule has 30 heavy (non-hydrogen) atoms. The molecule has 156 valence electrons. The molecule has 0 saturated heterocycles. The molecule has 0 fully saturated rings. The van der Waals surface area contributed by atoms with Crippen LogP contribution in [0.25, 0.3) is 0 Å². The van der Waals surface area contributed by atoms with Crippen LogP contribution in [0.4, 0.5) is 8.78 Å². The van der Waals surface area contributed by atoms with Crippen LogP contribution in [0.1, 0.15) is 21.5 Å². The zero-order valence-electron chi connectivity index (χ0n) is 16.2. The van der Waals surface area contributed by atoms with Crippen molar-refractivity contribution in [2.24, 2.45) is 0 Å². The Balaban J connectivity index is 1.73. The first kappa shape index (κ1) is 21.6. The summed E-state index contributed by atoms with van der Waals surface area (Å²) >= 11 is 0. The average Bonchev–Trinajstić information content (AvgIpc) is 2.75. The van der Waals surface area contributed by atoms with Crippen molar-refractivity contribution in [3.05, 3.63) is 101 Å². The van der Waals surface area contributed by atoms with Crippen molar-refractivity contribution in [2.75, 3.05) is 7.05 Å². The predicted octanol–water partition coefficient (Wildman–Crippen LogP) is 3.72. The Labute approximate surface area is 174 Å². The first-order valence-electron chi connectivity index (χ1n) is 9.09. The summed E-state index contributed by atoms with van der Waals surface area (Å²) in [5, 5.41) is 0. The minimum Gasteiger partial charge on any atom is -0.337 e. The van der Waals surface area contributed by atoms with Gasteiger partial charge in [-0.05, 0) is 41.5 Å². The lowest BCUT2D eigenvalue weighted by molar-refractivity contribution is 0.0784. The minimum atomic E-state index is -3.82. The van der Waals surface area contributed by atoms with Crippen LogP contribution >= 0.6 is 0 Å². The van der Waals surface area contributed by atoms with Gasteiger partial charge in [0, 0.05) is 25.7 Å². The lowest BCUT2D eigenvalue weighted by Crippen LogP contribution is -2.27. The first-order valence-corrected chi connectivity index (χ1v) is 10.6. The van der Waals surface area contributed by atoms with Crippen LogP contribution in [0.5, 0.6) is 0 Å². The van der Waals surface area contributed by atoms with E-state index in [-0.39, 0.29) is 23.5 Å². The number of nitrogens with one attached hydrogen (secondary N) is 1. The van der Waals surface area contributed by atoms with Crippen molar-refractivity contribution in [3.63, 3.8) is 0 Å². The molecular weight excluding hydrogens is 410 g/mol. The Morgan fingerprint density at radius 2 is 1.63 bits per heavy atom. The smallest absolute Gasteiger partial charge is 0.253 e. The zero-order chi connectivity index (χ0) is 21.7. The molecule has 0 aliphatic rings. The molecule has 1 N–H and O–H groups in total. The monoisotopic (exact) mass is 430 g/mol. The molecule has 0 unspecified atom stereocenters. The number of amides is 1. The molecule has 0 radical (unpaired) electrons. The maximum absolute atomic E-state index is 13.4. The van der Waals surface area contributed by atoms with Crippen LogP contribution in [-0.4, -0.2) is 26.3 Å². The summed E-state index contributed by atoms with van der Waals surface area (Å²) in [4.78, 5) is 14.0. The third-order valence-electron chi connectivity index (χ3n) is 4.45. The lowest BCUT2D eigenvalue weighted by atomic mass is 10.1. The Kier molecular flexibility index (Phi) is 6.59. The molecule has 0 aliphatic heterocycles. The number of rotatable bonds is 7. The number of halogens is 2. The molecule has 0 heterocycles. The predicted molar refractivity (Wildman–Crippen MR) is 109 cm³/mol. The fraction of sp³-hybridized carbons (Fsp3) is 0.136. The summed E-state index contributed by atoms with van der Waals surface area (Å²) in [6, 6.07) is 18.1. The molecule has 0 aromatic heterocycles. The van der Waals surface area contributed by atoms with Gasteiger partial charge in [-0.3, -0.25) is 4.79 Å². The average molecular weight is 430 g/mol. The zero-order valence-corrected chi connectivity index (χ0v) is 17.0.